The minimum absolute atomic E-state index is 0.105. The lowest BCUT2D eigenvalue weighted by Crippen LogP contribution is -2.24. The second-order valence-corrected chi connectivity index (χ2v) is 5.20. The Kier molecular flexibility index (Phi) is 4.75. The maximum Gasteiger partial charge on any atom is 0.274 e. The van der Waals surface area contributed by atoms with E-state index >= 15 is 0 Å². The summed E-state index contributed by atoms with van der Waals surface area (Å²) in [5, 5.41) is 9.96. The van der Waals surface area contributed by atoms with Crippen LogP contribution in [0.4, 0.5) is 0 Å². The number of amides is 1. The average molecular weight is 288 g/mol. The molecule has 0 spiro atoms. The number of hydroxylamine groups is 1. The first-order valence-electron chi connectivity index (χ1n) is 7.18. The van der Waals surface area contributed by atoms with Crippen molar-refractivity contribution in [3.05, 3.63) is 46.4 Å². The second-order valence-electron chi connectivity index (χ2n) is 5.20. The summed E-state index contributed by atoms with van der Waals surface area (Å²) < 4.78 is 1.70. The third-order valence-corrected chi connectivity index (χ3v) is 3.95. The van der Waals surface area contributed by atoms with Crippen LogP contribution in [0.15, 0.2) is 35.3 Å². The lowest BCUT2D eigenvalue weighted by molar-refractivity contribution is 0.0706. The van der Waals surface area contributed by atoms with Crippen LogP contribution in [0, 0.1) is 5.92 Å². The molecule has 2 N–H and O–H groups in total. The third-order valence-electron chi connectivity index (χ3n) is 3.95. The lowest BCUT2D eigenvalue weighted by Gasteiger charge is -2.15. The van der Waals surface area contributed by atoms with Crippen molar-refractivity contribution < 1.29 is 10.0 Å². The number of nitrogens with zero attached hydrogens (tertiary/aromatic N) is 1. The van der Waals surface area contributed by atoms with Crippen molar-refractivity contribution in [1.82, 2.24) is 10.0 Å². The van der Waals surface area contributed by atoms with Crippen LogP contribution in [0.3, 0.4) is 0 Å². The Morgan fingerprint density at radius 1 is 1.29 bits per heavy atom. The van der Waals surface area contributed by atoms with Gasteiger partial charge < -0.3 is 4.57 Å². The zero-order chi connectivity index (χ0) is 15.4. The van der Waals surface area contributed by atoms with Crippen LogP contribution >= 0.6 is 0 Å². The van der Waals surface area contributed by atoms with Crippen molar-refractivity contribution >= 4 is 16.7 Å². The molecule has 5 nitrogen and oxygen atoms in total. The zero-order valence-corrected chi connectivity index (χ0v) is 12.3. The second kappa shape index (κ2) is 6.54. The van der Waals surface area contributed by atoms with E-state index in [1.54, 1.807) is 28.4 Å². The molecular weight excluding hydrogens is 268 g/mol. The standard InChI is InChI=1S/C16H20N2O3/c1-3-11(4-2)10-18-8-7-12-5-6-13(15(19)17-21)9-14(12)16(18)20/h5-9,11,21H,3-4,10H2,1-2H3,(H,17,19). The Labute approximate surface area is 123 Å². The van der Waals surface area contributed by atoms with Crippen LogP contribution in [0.1, 0.15) is 37.0 Å². The third kappa shape index (κ3) is 3.13. The molecule has 0 saturated carbocycles. The van der Waals surface area contributed by atoms with Gasteiger partial charge in [0.25, 0.3) is 11.5 Å². The van der Waals surface area contributed by atoms with Gasteiger partial charge in [0.05, 0.1) is 0 Å². The molecule has 2 aromatic rings. The van der Waals surface area contributed by atoms with E-state index < -0.39 is 5.91 Å². The van der Waals surface area contributed by atoms with E-state index in [1.807, 2.05) is 6.07 Å². The zero-order valence-electron chi connectivity index (χ0n) is 12.3. The number of aromatic nitrogens is 1. The molecule has 5 heteroatoms. The van der Waals surface area contributed by atoms with Crippen LogP contribution in [-0.4, -0.2) is 15.7 Å². The van der Waals surface area contributed by atoms with Gasteiger partial charge in [-0.05, 0) is 29.5 Å². The molecule has 0 bridgehead atoms. The number of hydrogen-bond acceptors (Lipinski definition) is 3. The number of nitrogens with one attached hydrogen (secondary N) is 1. The largest absolute Gasteiger partial charge is 0.315 e. The van der Waals surface area contributed by atoms with E-state index in [0.29, 0.717) is 17.8 Å². The van der Waals surface area contributed by atoms with Gasteiger partial charge in [0.1, 0.15) is 0 Å². The summed E-state index contributed by atoms with van der Waals surface area (Å²) in [5.41, 5.74) is 1.74. The summed E-state index contributed by atoms with van der Waals surface area (Å²) in [6.45, 7) is 4.91. The number of carbonyl (C=O) groups is 1. The van der Waals surface area contributed by atoms with Crippen molar-refractivity contribution in [1.29, 1.82) is 0 Å². The lowest BCUT2D eigenvalue weighted by atomic mass is 10.0. The molecule has 0 unspecified atom stereocenters. The summed E-state index contributed by atoms with van der Waals surface area (Å²) in [6, 6.07) is 6.69. The maximum atomic E-state index is 12.5. The Morgan fingerprint density at radius 2 is 2.00 bits per heavy atom. The van der Waals surface area contributed by atoms with Crippen LogP contribution in [0.2, 0.25) is 0 Å². The molecule has 0 saturated heterocycles. The smallest absolute Gasteiger partial charge is 0.274 e. The van der Waals surface area contributed by atoms with Gasteiger partial charge in [0, 0.05) is 23.7 Å². The molecule has 112 valence electrons. The van der Waals surface area contributed by atoms with Crippen molar-refractivity contribution in [3.8, 4) is 0 Å². The van der Waals surface area contributed by atoms with Crippen molar-refractivity contribution in [2.75, 3.05) is 0 Å². The SMILES string of the molecule is CCC(CC)Cn1ccc2ccc(C(=O)NO)cc2c1=O. The number of carbonyl (C=O) groups excluding carboxylic acids is 1. The number of fused-ring (bicyclic) bond motifs is 1. The Hall–Kier alpha value is -2.14. The molecule has 1 aromatic heterocycles. The molecule has 0 aliphatic carbocycles. The fraction of sp³-hybridized carbons (Fsp3) is 0.375. The molecule has 0 aliphatic rings. The van der Waals surface area contributed by atoms with Crippen molar-refractivity contribution in [3.63, 3.8) is 0 Å². The summed E-state index contributed by atoms with van der Waals surface area (Å²) in [4.78, 5) is 24.0. The molecule has 0 atom stereocenters. The minimum atomic E-state index is -0.619. The normalized spacial score (nSPS) is 11.0. The quantitative estimate of drug-likeness (QED) is 0.656. The first-order chi connectivity index (χ1) is 10.1. The van der Waals surface area contributed by atoms with Gasteiger partial charge in [-0.3, -0.25) is 14.8 Å². The Balaban J connectivity index is 2.49. The van der Waals surface area contributed by atoms with E-state index in [9.17, 15) is 9.59 Å². The summed E-state index contributed by atoms with van der Waals surface area (Å²) >= 11 is 0. The first kappa shape index (κ1) is 15.3. The van der Waals surface area contributed by atoms with Gasteiger partial charge in [-0.1, -0.05) is 32.8 Å². The predicted octanol–water partition coefficient (Wildman–Crippen LogP) is 2.56. The van der Waals surface area contributed by atoms with E-state index in [4.69, 9.17) is 5.21 Å². The molecule has 1 heterocycles. The van der Waals surface area contributed by atoms with Crippen LogP contribution in [0.5, 0.6) is 0 Å². The molecule has 0 aliphatic heterocycles. The fourth-order valence-electron chi connectivity index (χ4n) is 2.45. The van der Waals surface area contributed by atoms with E-state index in [0.717, 1.165) is 18.2 Å². The number of pyridine rings is 1. The number of benzene rings is 1. The highest BCUT2D eigenvalue weighted by Gasteiger charge is 2.10. The fourth-order valence-corrected chi connectivity index (χ4v) is 2.45. The minimum Gasteiger partial charge on any atom is -0.315 e. The van der Waals surface area contributed by atoms with E-state index in [1.165, 1.54) is 6.07 Å². The molecule has 1 amide bonds. The van der Waals surface area contributed by atoms with E-state index in [-0.39, 0.29) is 11.1 Å². The number of rotatable bonds is 5. The molecule has 0 radical (unpaired) electrons. The maximum absolute atomic E-state index is 12.5. The molecule has 1 aromatic carbocycles. The van der Waals surface area contributed by atoms with Gasteiger partial charge in [0.15, 0.2) is 0 Å². The molecular formula is C16H20N2O3. The number of hydrogen-bond donors (Lipinski definition) is 2. The predicted molar refractivity (Wildman–Crippen MR) is 81.5 cm³/mol. The van der Waals surface area contributed by atoms with Gasteiger partial charge >= 0.3 is 0 Å². The highest BCUT2D eigenvalue weighted by molar-refractivity contribution is 5.97. The van der Waals surface area contributed by atoms with Crippen LogP contribution < -0.4 is 11.0 Å². The van der Waals surface area contributed by atoms with Gasteiger partial charge in [0.2, 0.25) is 0 Å². The first-order valence-corrected chi connectivity index (χ1v) is 7.18. The van der Waals surface area contributed by atoms with Gasteiger partial charge in [-0.2, -0.15) is 0 Å². The van der Waals surface area contributed by atoms with Crippen molar-refractivity contribution in [2.24, 2.45) is 5.92 Å². The summed E-state index contributed by atoms with van der Waals surface area (Å²) in [6.07, 6.45) is 3.84. The topological polar surface area (TPSA) is 71.3 Å². The van der Waals surface area contributed by atoms with Gasteiger partial charge in [-0.15, -0.1) is 0 Å². The molecule has 21 heavy (non-hydrogen) atoms. The monoisotopic (exact) mass is 288 g/mol. The highest BCUT2D eigenvalue weighted by atomic mass is 16.5. The molecule has 0 fully saturated rings. The molecule has 2 rings (SSSR count). The van der Waals surface area contributed by atoms with Gasteiger partial charge in [-0.25, -0.2) is 5.48 Å². The Morgan fingerprint density at radius 3 is 2.62 bits per heavy atom. The van der Waals surface area contributed by atoms with E-state index in [2.05, 4.69) is 13.8 Å². The average Bonchev–Trinajstić information content (AvgIpc) is 2.53. The van der Waals surface area contributed by atoms with Crippen LogP contribution in [-0.2, 0) is 6.54 Å². The van der Waals surface area contributed by atoms with Crippen molar-refractivity contribution in [2.45, 2.75) is 33.2 Å². The van der Waals surface area contributed by atoms with Crippen LogP contribution in [0.25, 0.3) is 10.8 Å². The summed E-state index contributed by atoms with van der Waals surface area (Å²) in [7, 11) is 0. The Bertz CT molecular complexity index is 702. The summed E-state index contributed by atoms with van der Waals surface area (Å²) in [5.74, 6) is -0.157. The highest BCUT2D eigenvalue weighted by Crippen LogP contribution is 2.14.